The van der Waals surface area contributed by atoms with E-state index in [2.05, 4.69) is 25.2 Å². The molecule has 0 saturated heterocycles. The minimum atomic E-state index is -0.608. The summed E-state index contributed by atoms with van der Waals surface area (Å²) in [4.78, 5) is 34.5. The molecule has 9 heteroatoms. The number of hydrogen-bond donors (Lipinski definition) is 2. The lowest BCUT2D eigenvalue weighted by atomic mass is 9.53. The van der Waals surface area contributed by atoms with Gasteiger partial charge in [-0.05, 0) is 50.6 Å². The molecule has 0 unspecified atom stereocenters. The highest BCUT2D eigenvalue weighted by molar-refractivity contribution is 7.15. The number of likely N-dealkylation sites (N-methyl/N-ethyl adjacent to an activating group) is 1. The molecule has 0 radical (unpaired) electrons. The summed E-state index contributed by atoms with van der Waals surface area (Å²) in [6.07, 6.45) is 2.25. The molecule has 2 aliphatic carbocycles. The lowest BCUT2D eigenvalue weighted by Gasteiger charge is -2.53. The molecule has 182 valence electrons. The Hall–Kier alpha value is -2.02. The van der Waals surface area contributed by atoms with Crippen LogP contribution in [0.3, 0.4) is 0 Å². The van der Waals surface area contributed by atoms with Crippen molar-refractivity contribution in [2.24, 2.45) is 23.2 Å². The van der Waals surface area contributed by atoms with E-state index in [9.17, 15) is 14.7 Å². The van der Waals surface area contributed by atoms with Crippen LogP contribution in [0.1, 0.15) is 56.5 Å². The monoisotopic (exact) mass is 475 g/mol. The molecular formula is C24H37N5O3S. The predicted molar refractivity (Wildman–Crippen MR) is 129 cm³/mol. The van der Waals surface area contributed by atoms with Crippen molar-refractivity contribution in [2.45, 2.75) is 58.5 Å². The SMILES string of the molecule is C[C@H](C(=O)N(C)CCC#N)[C@H]1CC[C@]2(C)Cc3sc(NC(=O)CN(C)C)nc3[C@@H](C)[C@@H]2[C@H]1O. The van der Waals surface area contributed by atoms with Crippen LogP contribution in [0.2, 0.25) is 0 Å². The Morgan fingerprint density at radius 3 is 2.73 bits per heavy atom. The first-order chi connectivity index (χ1) is 15.5. The van der Waals surface area contributed by atoms with E-state index in [1.807, 2.05) is 25.9 Å². The molecule has 1 fully saturated rings. The van der Waals surface area contributed by atoms with Gasteiger partial charge >= 0.3 is 0 Å². The van der Waals surface area contributed by atoms with E-state index < -0.39 is 6.10 Å². The number of aromatic nitrogens is 1. The number of fused-ring (bicyclic) bond motifs is 2. The quantitative estimate of drug-likeness (QED) is 0.628. The highest BCUT2D eigenvalue weighted by Crippen LogP contribution is 2.57. The van der Waals surface area contributed by atoms with Crippen molar-refractivity contribution in [2.75, 3.05) is 39.5 Å². The summed E-state index contributed by atoms with van der Waals surface area (Å²) in [6, 6.07) is 2.08. The van der Waals surface area contributed by atoms with Crippen LogP contribution >= 0.6 is 11.3 Å². The second kappa shape index (κ2) is 10.1. The zero-order valence-electron chi connectivity index (χ0n) is 20.6. The average molecular weight is 476 g/mol. The van der Waals surface area contributed by atoms with Gasteiger partial charge in [-0.25, -0.2) is 4.98 Å². The van der Waals surface area contributed by atoms with Crippen LogP contribution in [0.15, 0.2) is 0 Å². The second-order valence-electron chi connectivity index (χ2n) is 10.4. The first-order valence-electron chi connectivity index (χ1n) is 11.7. The summed E-state index contributed by atoms with van der Waals surface area (Å²) in [5, 5.41) is 23.9. The molecule has 0 bridgehead atoms. The van der Waals surface area contributed by atoms with Crippen molar-refractivity contribution in [3.63, 3.8) is 0 Å². The molecule has 33 heavy (non-hydrogen) atoms. The average Bonchev–Trinajstić information content (AvgIpc) is 3.12. The molecule has 1 heterocycles. The van der Waals surface area contributed by atoms with E-state index in [1.165, 1.54) is 4.88 Å². The number of nitrogens with one attached hydrogen (secondary N) is 1. The molecule has 2 N–H and O–H groups in total. The third kappa shape index (κ3) is 5.23. The zero-order valence-corrected chi connectivity index (χ0v) is 21.4. The van der Waals surface area contributed by atoms with E-state index >= 15 is 0 Å². The minimum Gasteiger partial charge on any atom is -0.392 e. The van der Waals surface area contributed by atoms with Gasteiger partial charge < -0.3 is 20.2 Å². The Kier molecular flexibility index (Phi) is 7.82. The normalized spacial score (nSPS) is 29.5. The number of rotatable bonds is 7. The third-order valence-electron chi connectivity index (χ3n) is 7.60. The number of amides is 2. The molecule has 0 aliphatic heterocycles. The molecule has 2 aliphatic rings. The summed E-state index contributed by atoms with van der Waals surface area (Å²) in [7, 11) is 5.43. The van der Waals surface area contributed by atoms with Crippen molar-refractivity contribution < 1.29 is 14.7 Å². The number of anilines is 1. The number of carbonyl (C=O) groups excluding carboxylic acids is 2. The van der Waals surface area contributed by atoms with Crippen molar-refractivity contribution >= 4 is 28.3 Å². The van der Waals surface area contributed by atoms with E-state index in [0.29, 0.717) is 24.6 Å². The summed E-state index contributed by atoms with van der Waals surface area (Å²) in [5.41, 5.74) is 0.891. The van der Waals surface area contributed by atoms with Gasteiger partial charge in [-0.2, -0.15) is 5.26 Å². The maximum atomic E-state index is 12.9. The molecule has 1 saturated carbocycles. The lowest BCUT2D eigenvalue weighted by molar-refractivity contribution is -0.143. The molecule has 6 atom stereocenters. The van der Waals surface area contributed by atoms with Crippen LogP contribution in [0, 0.1) is 34.5 Å². The maximum Gasteiger partial charge on any atom is 0.240 e. The Morgan fingerprint density at radius 1 is 1.39 bits per heavy atom. The topological polar surface area (TPSA) is 110 Å². The van der Waals surface area contributed by atoms with Crippen LogP contribution < -0.4 is 5.32 Å². The number of aliphatic hydroxyl groups excluding tert-OH is 1. The van der Waals surface area contributed by atoms with Gasteiger partial charge in [0, 0.05) is 30.3 Å². The predicted octanol–water partition coefficient (Wildman–Crippen LogP) is 2.70. The van der Waals surface area contributed by atoms with Crippen molar-refractivity contribution in [1.82, 2.24) is 14.8 Å². The fourth-order valence-corrected chi connectivity index (χ4v) is 7.18. The maximum absolute atomic E-state index is 12.9. The van der Waals surface area contributed by atoms with Crippen LogP contribution in [-0.2, 0) is 16.0 Å². The van der Waals surface area contributed by atoms with E-state index in [0.717, 1.165) is 25.0 Å². The van der Waals surface area contributed by atoms with E-state index in [-0.39, 0.29) is 40.9 Å². The molecule has 1 aromatic heterocycles. The molecule has 8 nitrogen and oxygen atoms in total. The summed E-state index contributed by atoms with van der Waals surface area (Å²) in [6.45, 7) is 6.97. The van der Waals surface area contributed by atoms with Gasteiger partial charge in [0.1, 0.15) is 0 Å². The van der Waals surface area contributed by atoms with Crippen molar-refractivity contribution in [3.8, 4) is 6.07 Å². The highest BCUT2D eigenvalue weighted by Gasteiger charge is 2.54. The third-order valence-corrected chi connectivity index (χ3v) is 8.58. The fourth-order valence-electron chi connectivity index (χ4n) is 5.90. The Bertz CT molecular complexity index is 926. The van der Waals surface area contributed by atoms with Crippen molar-refractivity contribution in [3.05, 3.63) is 10.6 Å². The van der Waals surface area contributed by atoms with Gasteiger partial charge in [0.05, 0.1) is 30.8 Å². The molecule has 1 aromatic rings. The summed E-state index contributed by atoms with van der Waals surface area (Å²) in [5.74, 6) is -0.501. The number of hydrogen-bond acceptors (Lipinski definition) is 7. The van der Waals surface area contributed by atoms with Gasteiger partial charge in [-0.1, -0.05) is 20.8 Å². The van der Waals surface area contributed by atoms with Gasteiger partial charge in [0.2, 0.25) is 11.8 Å². The Morgan fingerprint density at radius 2 is 2.09 bits per heavy atom. The van der Waals surface area contributed by atoms with Crippen LogP contribution in [0.25, 0.3) is 0 Å². The standard InChI is InChI=1S/C24H37N5O3S/c1-14(22(32)29(6)11-7-10-25)16-8-9-24(3)12-17-20(15(2)19(24)21(16)31)27-23(33-17)26-18(30)13-28(4)5/h14-16,19,21,31H,7-9,11-13H2,1-6H3,(H,26,27,30)/t14-,15-,16+,19+,21-,24+/m0/s1. The largest absolute Gasteiger partial charge is 0.392 e. The first-order valence-corrected chi connectivity index (χ1v) is 12.5. The number of nitriles is 1. The lowest BCUT2D eigenvalue weighted by Crippen LogP contribution is -2.53. The van der Waals surface area contributed by atoms with Gasteiger partial charge in [0.15, 0.2) is 5.13 Å². The first kappa shape index (κ1) is 25.6. The second-order valence-corrected chi connectivity index (χ2v) is 11.5. The Labute approximate surface area is 201 Å². The smallest absolute Gasteiger partial charge is 0.240 e. The van der Waals surface area contributed by atoms with Gasteiger partial charge in [-0.15, -0.1) is 11.3 Å². The molecule has 3 rings (SSSR count). The Balaban J connectivity index is 1.78. The summed E-state index contributed by atoms with van der Waals surface area (Å²) >= 11 is 1.54. The van der Waals surface area contributed by atoms with Gasteiger partial charge in [-0.3, -0.25) is 9.59 Å². The van der Waals surface area contributed by atoms with E-state index in [1.54, 1.807) is 23.3 Å². The van der Waals surface area contributed by atoms with Crippen LogP contribution in [0.4, 0.5) is 5.13 Å². The van der Waals surface area contributed by atoms with Crippen LogP contribution in [-0.4, -0.2) is 72.0 Å². The van der Waals surface area contributed by atoms with E-state index in [4.69, 9.17) is 10.2 Å². The number of nitrogens with zero attached hydrogens (tertiary/aromatic N) is 4. The number of thiazole rings is 1. The molecule has 0 spiro atoms. The number of aliphatic hydroxyl groups is 1. The minimum absolute atomic E-state index is 0.00385. The number of carbonyl (C=O) groups is 2. The molecule has 0 aromatic carbocycles. The zero-order chi connectivity index (χ0) is 24.5. The molecule has 2 amide bonds. The van der Waals surface area contributed by atoms with Crippen molar-refractivity contribution in [1.29, 1.82) is 5.26 Å². The summed E-state index contributed by atoms with van der Waals surface area (Å²) < 4.78 is 0. The highest BCUT2D eigenvalue weighted by atomic mass is 32.1. The fraction of sp³-hybridized carbons (Fsp3) is 0.750. The van der Waals surface area contributed by atoms with Crippen LogP contribution in [0.5, 0.6) is 0 Å². The van der Waals surface area contributed by atoms with Gasteiger partial charge in [0.25, 0.3) is 0 Å². The molecular weight excluding hydrogens is 438 g/mol.